The molecule has 0 aromatic carbocycles. The maximum absolute atomic E-state index is 7.42. The van der Waals surface area contributed by atoms with Crippen LogP contribution in [0.3, 0.4) is 0 Å². The zero-order valence-electron chi connectivity index (χ0n) is 6.67. The summed E-state index contributed by atoms with van der Waals surface area (Å²) in [6.07, 6.45) is 5.45. The number of nitrogens with zero attached hydrogens (tertiary/aromatic N) is 1. The molecule has 0 bridgehead atoms. The number of allylic oxidation sites excluding steroid dienone is 1. The summed E-state index contributed by atoms with van der Waals surface area (Å²) in [5.41, 5.74) is 2.24. The number of pyridine rings is 1. The molecule has 1 aliphatic rings. The molecule has 0 unspecified atom stereocenters. The summed E-state index contributed by atoms with van der Waals surface area (Å²) in [6, 6.07) is 4.71. The molecule has 10 heavy (non-hydrogen) atoms. The second kappa shape index (κ2) is 2.25. The minimum absolute atomic E-state index is 0.691. The second-order valence-corrected chi connectivity index (χ2v) is 2.40. The van der Waals surface area contributed by atoms with Crippen LogP contribution in [0.5, 0.6) is 0 Å². The van der Waals surface area contributed by atoms with Gasteiger partial charge in [-0.25, -0.2) is 0 Å². The van der Waals surface area contributed by atoms with E-state index in [0.29, 0.717) is 6.05 Å². The normalized spacial score (nSPS) is 17.2. The van der Waals surface area contributed by atoms with E-state index in [2.05, 4.69) is 11.1 Å². The molecule has 50 valence electrons. The van der Waals surface area contributed by atoms with Crippen LogP contribution in [0.1, 0.15) is 19.0 Å². The second-order valence-electron chi connectivity index (χ2n) is 2.40. The Hall–Kier alpha value is -1.11. The van der Waals surface area contributed by atoms with Crippen molar-refractivity contribution in [3.8, 4) is 0 Å². The molecule has 0 N–H and O–H groups in total. The van der Waals surface area contributed by atoms with Crippen molar-refractivity contribution in [2.24, 2.45) is 0 Å². The first-order chi connectivity index (χ1) is 5.36. The fourth-order valence-corrected chi connectivity index (χ4v) is 1.17. The molecule has 1 nitrogen and oxygen atoms in total. The molecule has 0 spiro atoms. The van der Waals surface area contributed by atoms with Gasteiger partial charge < -0.3 is 0 Å². The summed E-state index contributed by atoms with van der Waals surface area (Å²) < 4.78 is 7.42. The molecule has 1 aromatic rings. The summed E-state index contributed by atoms with van der Waals surface area (Å²) in [4.78, 5) is 4.17. The van der Waals surface area contributed by atoms with Gasteiger partial charge in [0.1, 0.15) is 0 Å². The van der Waals surface area contributed by atoms with Crippen LogP contribution in [0.2, 0.25) is 0 Å². The van der Waals surface area contributed by atoms with Crippen LogP contribution >= 0.6 is 0 Å². The van der Waals surface area contributed by atoms with Gasteiger partial charge in [-0.3, -0.25) is 4.98 Å². The summed E-state index contributed by atoms with van der Waals surface area (Å²) in [6.45, 7) is 0. The summed E-state index contributed by atoms with van der Waals surface area (Å²) in [5.74, 6) is 0. The summed E-state index contributed by atoms with van der Waals surface area (Å²) in [5, 5.41) is 0. The van der Waals surface area contributed by atoms with Crippen molar-refractivity contribution in [1.29, 1.82) is 0 Å². The average Bonchev–Trinajstić information content (AvgIpc) is 2.04. The highest BCUT2D eigenvalue weighted by Gasteiger charge is 2.01. The van der Waals surface area contributed by atoms with Crippen LogP contribution in [0.25, 0.3) is 6.08 Å². The van der Waals surface area contributed by atoms with E-state index in [9.17, 15) is 0 Å². The molecule has 0 atom stereocenters. The lowest BCUT2D eigenvalue weighted by atomic mass is 10.0. The van der Waals surface area contributed by atoms with Crippen molar-refractivity contribution in [2.45, 2.75) is 12.8 Å². The Kier molecular flexibility index (Phi) is 1.05. The van der Waals surface area contributed by atoms with Gasteiger partial charge in [0.05, 0.1) is 7.06 Å². The first kappa shape index (κ1) is 4.67. The quantitative estimate of drug-likeness (QED) is 0.526. The third kappa shape index (κ3) is 0.838. The van der Waals surface area contributed by atoms with Crippen LogP contribution in [0, 0.1) is 0 Å². The van der Waals surface area contributed by atoms with Crippen molar-refractivity contribution in [3.05, 3.63) is 35.6 Å². The Bertz CT molecular complexity index is 304. The van der Waals surface area contributed by atoms with Gasteiger partial charge in [-0.1, -0.05) is 12.1 Å². The number of fused-ring (bicyclic) bond motifs is 1. The molecule has 2 rings (SSSR count). The van der Waals surface area contributed by atoms with Crippen LogP contribution in [-0.2, 0) is 6.42 Å². The lowest BCUT2D eigenvalue weighted by molar-refractivity contribution is 0.964. The third-order valence-corrected chi connectivity index (χ3v) is 1.70. The SMILES string of the molecule is [2H]C1=Cc2ncccc2CC1. The molecule has 0 aliphatic heterocycles. The highest BCUT2D eigenvalue weighted by molar-refractivity contribution is 5.51. The number of hydrogen-bond acceptors (Lipinski definition) is 1. The van der Waals surface area contributed by atoms with Crippen molar-refractivity contribution < 1.29 is 1.37 Å². The van der Waals surface area contributed by atoms with Crippen LogP contribution < -0.4 is 0 Å². The molecular weight excluding hydrogens is 122 g/mol. The van der Waals surface area contributed by atoms with E-state index in [-0.39, 0.29) is 0 Å². The number of rotatable bonds is 0. The Morgan fingerprint density at radius 3 is 3.60 bits per heavy atom. The van der Waals surface area contributed by atoms with Gasteiger partial charge in [-0.2, -0.15) is 0 Å². The van der Waals surface area contributed by atoms with Crippen LogP contribution in [-0.4, -0.2) is 4.98 Å². The van der Waals surface area contributed by atoms with Gasteiger partial charge in [0, 0.05) is 6.20 Å². The Labute approximate surface area is 61.8 Å². The van der Waals surface area contributed by atoms with E-state index in [1.54, 1.807) is 6.20 Å². The lowest BCUT2D eigenvalue weighted by Crippen LogP contribution is -1.94. The number of aryl methyl sites for hydroxylation is 1. The van der Waals surface area contributed by atoms with E-state index in [4.69, 9.17) is 1.37 Å². The monoisotopic (exact) mass is 132 g/mol. The molecule has 0 amide bonds. The predicted octanol–water partition coefficient (Wildman–Crippen LogP) is 2.04. The van der Waals surface area contributed by atoms with Crippen LogP contribution in [0.4, 0.5) is 0 Å². The maximum Gasteiger partial charge on any atom is 0.0658 e. The van der Waals surface area contributed by atoms with E-state index in [0.717, 1.165) is 18.5 Å². The molecule has 1 aliphatic carbocycles. The van der Waals surface area contributed by atoms with Crippen molar-refractivity contribution in [1.82, 2.24) is 4.98 Å². The first-order valence-electron chi connectivity index (χ1n) is 3.97. The smallest absolute Gasteiger partial charge is 0.0658 e. The van der Waals surface area contributed by atoms with Gasteiger partial charge in [0.25, 0.3) is 0 Å². The highest BCUT2D eigenvalue weighted by atomic mass is 14.7. The maximum atomic E-state index is 7.42. The van der Waals surface area contributed by atoms with Crippen LogP contribution in [0.15, 0.2) is 24.4 Å². The molecule has 1 heterocycles. The Morgan fingerprint density at radius 1 is 1.60 bits per heavy atom. The van der Waals surface area contributed by atoms with Gasteiger partial charge in [-0.05, 0) is 30.5 Å². The minimum Gasteiger partial charge on any atom is -0.257 e. The largest absolute Gasteiger partial charge is 0.257 e. The highest BCUT2D eigenvalue weighted by Crippen LogP contribution is 2.15. The van der Waals surface area contributed by atoms with Crippen molar-refractivity contribution in [3.63, 3.8) is 0 Å². The zero-order valence-corrected chi connectivity index (χ0v) is 5.67. The lowest BCUT2D eigenvalue weighted by Gasteiger charge is -2.06. The fraction of sp³-hybridized carbons (Fsp3) is 0.222. The van der Waals surface area contributed by atoms with Gasteiger partial charge in [0.15, 0.2) is 0 Å². The molecule has 0 saturated heterocycles. The van der Waals surface area contributed by atoms with Crippen molar-refractivity contribution >= 4 is 6.08 Å². The van der Waals surface area contributed by atoms with Gasteiger partial charge in [0.2, 0.25) is 0 Å². The molecule has 1 aromatic heterocycles. The average molecular weight is 132 g/mol. The van der Waals surface area contributed by atoms with Gasteiger partial charge >= 0.3 is 0 Å². The van der Waals surface area contributed by atoms with Crippen molar-refractivity contribution in [2.75, 3.05) is 0 Å². The number of aromatic nitrogens is 1. The molecular formula is C9H9N. The Morgan fingerprint density at radius 2 is 2.60 bits per heavy atom. The minimum atomic E-state index is 0.691. The summed E-state index contributed by atoms with van der Waals surface area (Å²) >= 11 is 0. The van der Waals surface area contributed by atoms with E-state index in [1.165, 1.54) is 5.56 Å². The van der Waals surface area contributed by atoms with Gasteiger partial charge in [-0.15, -0.1) is 0 Å². The van der Waals surface area contributed by atoms with E-state index in [1.807, 2.05) is 12.1 Å². The van der Waals surface area contributed by atoms with E-state index >= 15 is 0 Å². The fourth-order valence-electron chi connectivity index (χ4n) is 1.17. The standard InChI is InChI=1S/C9H9N/c1-2-6-9-8(4-1)5-3-7-10-9/h2-3,5-7H,1,4H2/i2D. The molecule has 0 radical (unpaired) electrons. The Balaban J connectivity index is 2.51. The molecule has 0 fully saturated rings. The summed E-state index contributed by atoms with van der Waals surface area (Å²) in [7, 11) is 0. The first-order valence-corrected chi connectivity index (χ1v) is 3.47. The van der Waals surface area contributed by atoms with E-state index < -0.39 is 0 Å². The third-order valence-electron chi connectivity index (χ3n) is 1.70. The molecule has 1 heteroatoms. The topological polar surface area (TPSA) is 12.9 Å². The predicted molar refractivity (Wildman–Crippen MR) is 41.6 cm³/mol. The number of hydrogen-bond donors (Lipinski definition) is 0. The molecule has 0 saturated carbocycles. The zero-order chi connectivity index (χ0) is 7.68.